The molecule has 7 heteroatoms. The fourth-order valence-electron chi connectivity index (χ4n) is 1.32. The number of nitrogens with one attached hydrogen (secondary N) is 2. The van der Waals surface area contributed by atoms with Crippen molar-refractivity contribution in [3.05, 3.63) is 38.7 Å². The van der Waals surface area contributed by atoms with Crippen molar-refractivity contribution < 1.29 is 14.7 Å². The van der Waals surface area contributed by atoms with Gasteiger partial charge in [-0.25, -0.2) is 9.59 Å². The van der Waals surface area contributed by atoms with E-state index in [1.807, 2.05) is 17.5 Å². The van der Waals surface area contributed by atoms with E-state index in [9.17, 15) is 9.59 Å². The standard InChI is InChI=1S/C11H10N2O3S2/c14-10(15)9-8(3-5-18-9)13-11(16)12-6-7-2-1-4-17-7/h1-5H,6H2,(H,14,15)(H2,12,13,16). The first-order valence-corrected chi connectivity index (χ1v) is 6.81. The van der Waals surface area contributed by atoms with Crippen LogP contribution in [0.15, 0.2) is 29.0 Å². The topological polar surface area (TPSA) is 78.4 Å². The molecule has 0 saturated heterocycles. The molecule has 0 unspecified atom stereocenters. The molecule has 0 atom stereocenters. The summed E-state index contributed by atoms with van der Waals surface area (Å²) in [5.41, 5.74) is 0.316. The molecular weight excluding hydrogens is 272 g/mol. The molecule has 94 valence electrons. The number of rotatable bonds is 4. The van der Waals surface area contributed by atoms with Crippen LogP contribution in [-0.4, -0.2) is 17.1 Å². The van der Waals surface area contributed by atoms with E-state index in [1.54, 1.807) is 22.8 Å². The average Bonchev–Trinajstić information content (AvgIpc) is 2.96. The molecule has 0 aliphatic carbocycles. The molecule has 0 saturated carbocycles. The van der Waals surface area contributed by atoms with Gasteiger partial charge in [-0.2, -0.15) is 0 Å². The summed E-state index contributed by atoms with van der Waals surface area (Å²) in [5.74, 6) is -1.04. The second kappa shape index (κ2) is 5.65. The number of carboxylic acid groups (broad SMARTS) is 1. The van der Waals surface area contributed by atoms with E-state index in [2.05, 4.69) is 10.6 Å². The summed E-state index contributed by atoms with van der Waals surface area (Å²) in [6.45, 7) is 0.427. The highest BCUT2D eigenvalue weighted by atomic mass is 32.1. The summed E-state index contributed by atoms with van der Waals surface area (Å²) in [6, 6.07) is 4.97. The lowest BCUT2D eigenvalue weighted by molar-refractivity contribution is 0.0703. The predicted molar refractivity (Wildman–Crippen MR) is 71.5 cm³/mol. The molecule has 2 amide bonds. The van der Waals surface area contributed by atoms with E-state index in [4.69, 9.17) is 5.11 Å². The highest BCUT2D eigenvalue weighted by Gasteiger charge is 2.13. The number of carboxylic acids is 1. The van der Waals surface area contributed by atoms with Crippen LogP contribution in [0.5, 0.6) is 0 Å². The zero-order valence-electron chi connectivity index (χ0n) is 9.17. The zero-order valence-corrected chi connectivity index (χ0v) is 10.8. The second-order valence-electron chi connectivity index (χ2n) is 3.36. The van der Waals surface area contributed by atoms with Crippen molar-refractivity contribution in [1.29, 1.82) is 0 Å². The molecule has 2 rings (SSSR count). The molecule has 2 aromatic rings. The van der Waals surface area contributed by atoms with Gasteiger partial charge >= 0.3 is 12.0 Å². The van der Waals surface area contributed by atoms with Gasteiger partial charge in [-0.3, -0.25) is 0 Å². The quantitative estimate of drug-likeness (QED) is 0.806. The lowest BCUT2D eigenvalue weighted by atomic mass is 10.4. The maximum absolute atomic E-state index is 11.6. The Hall–Kier alpha value is -1.86. The molecule has 18 heavy (non-hydrogen) atoms. The number of carbonyl (C=O) groups excluding carboxylic acids is 1. The summed E-state index contributed by atoms with van der Waals surface area (Å²) < 4.78 is 0. The minimum atomic E-state index is -1.04. The normalized spacial score (nSPS) is 10.0. The smallest absolute Gasteiger partial charge is 0.348 e. The van der Waals surface area contributed by atoms with Gasteiger partial charge < -0.3 is 15.7 Å². The molecule has 3 N–H and O–H groups in total. The Labute approximate surface area is 111 Å². The van der Waals surface area contributed by atoms with Gasteiger partial charge in [-0.1, -0.05) is 6.07 Å². The summed E-state index contributed by atoms with van der Waals surface area (Å²) in [5, 5.41) is 17.6. The van der Waals surface area contributed by atoms with Crippen molar-refractivity contribution in [1.82, 2.24) is 5.32 Å². The van der Waals surface area contributed by atoms with Crippen LogP contribution in [0, 0.1) is 0 Å². The maximum atomic E-state index is 11.6. The highest BCUT2D eigenvalue weighted by Crippen LogP contribution is 2.21. The predicted octanol–water partition coefficient (Wildman–Crippen LogP) is 2.83. The molecule has 0 radical (unpaired) electrons. The van der Waals surface area contributed by atoms with E-state index in [1.165, 1.54) is 0 Å². The number of anilines is 1. The summed E-state index contributed by atoms with van der Waals surface area (Å²) in [6.07, 6.45) is 0. The van der Waals surface area contributed by atoms with Gasteiger partial charge in [0.2, 0.25) is 0 Å². The first-order chi connectivity index (χ1) is 8.66. The van der Waals surface area contributed by atoms with Gasteiger partial charge in [0.25, 0.3) is 0 Å². The first kappa shape index (κ1) is 12.6. The van der Waals surface area contributed by atoms with Gasteiger partial charge in [0.1, 0.15) is 4.88 Å². The SMILES string of the molecule is O=C(NCc1cccs1)Nc1ccsc1C(=O)O. The maximum Gasteiger partial charge on any atom is 0.348 e. The molecule has 0 aliphatic rings. The molecule has 0 aliphatic heterocycles. The first-order valence-electron chi connectivity index (χ1n) is 5.05. The number of urea groups is 1. The van der Waals surface area contributed by atoms with Crippen LogP contribution < -0.4 is 10.6 Å². The second-order valence-corrected chi connectivity index (χ2v) is 5.30. The van der Waals surface area contributed by atoms with Crippen LogP contribution in [0.4, 0.5) is 10.5 Å². The molecule has 2 aromatic heterocycles. The van der Waals surface area contributed by atoms with Crippen molar-refractivity contribution in [2.24, 2.45) is 0 Å². The molecule has 5 nitrogen and oxygen atoms in total. The molecule has 0 fully saturated rings. The van der Waals surface area contributed by atoms with Crippen LogP contribution in [0.2, 0.25) is 0 Å². The number of hydrogen-bond donors (Lipinski definition) is 3. The number of hydrogen-bond acceptors (Lipinski definition) is 4. The van der Waals surface area contributed by atoms with E-state index < -0.39 is 12.0 Å². The fourth-order valence-corrected chi connectivity index (χ4v) is 2.65. The molecule has 0 aromatic carbocycles. The Morgan fingerprint density at radius 1 is 1.22 bits per heavy atom. The Kier molecular flexibility index (Phi) is 3.96. The fraction of sp³-hybridized carbons (Fsp3) is 0.0909. The van der Waals surface area contributed by atoms with Crippen molar-refractivity contribution in [3.8, 4) is 0 Å². The number of thiophene rings is 2. The lowest BCUT2D eigenvalue weighted by Crippen LogP contribution is -2.28. The van der Waals surface area contributed by atoms with Gasteiger partial charge in [-0.05, 0) is 22.9 Å². The largest absolute Gasteiger partial charge is 0.477 e. The molecular formula is C11H10N2O3S2. The van der Waals surface area contributed by atoms with Crippen molar-refractivity contribution in [3.63, 3.8) is 0 Å². The minimum absolute atomic E-state index is 0.126. The zero-order chi connectivity index (χ0) is 13.0. The van der Waals surface area contributed by atoms with Gasteiger partial charge in [0.15, 0.2) is 0 Å². The van der Waals surface area contributed by atoms with E-state index in [-0.39, 0.29) is 4.88 Å². The van der Waals surface area contributed by atoms with E-state index in [0.717, 1.165) is 16.2 Å². The Morgan fingerprint density at radius 3 is 2.72 bits per heavy atom. The third kappa shape index (κ3) is 3.08. The summed E-state index contributed by atoms with van der Waals surface area (Å²) in [4.78, 5) is 23.6. The Bertz CT molecular complexity index is 548. The average molecular weight is 282 g/mol. The number of aromatic carboxylic acids is 1. The van der Waals surface area contributed by atoms with Crippen molar-refractivity contribution in [2.75, 3.05) is 5.32 Å². The molecule has 0 bridgehead atoms. The number of carbonyl (C=O) groups is 2. The van der Waals surface area contributed by atoms with Crippen LogP contribution in [-0.2, 0) is 6.54 Å². The summed E-state index contributed by atoms with van der Waals surface area (Å²) in [7, 11) is 0. The van der Waals surface area contributed by atoms with Crippen LogP contribution in [0.25, 0.3) is 0 Å². The van der Waals surface area contributed by atoms with E-state index in [0.29, 0.717) is 12.2 Å². The van der Waals surface area contributed by atoms with Crippen LogP contribution in [0.3, 0.4) is 0 Å². The highest BCUT2D eigenvalue weighted by molar-refractivity contribution is 7.12. The van der Waals surface area contributed by atoms with Gasteiger partial charge in [0.05, 0.1) is 12.2 Å². The lowest BCUT2D eigenvalue weighted by Gasteiger charge is -2.05. The van der Waals surface area contributed by atoms with Crippen molar-refractivity contribution in [2.45, 2.75) is 6.54 Å². The molecule has 0 spiro atoms. The van der Waals surface area contributed by atoms with Crippen LogP contribution in [0.1, 0.15) is 14.5 Å². The monoisotopic (exact) mass is 282 g/mol. The third-order valence-corrected chi connectivity index (χ3v) is 3.89. The van der Waals surface area contributed by atoms with Gasteiger partial charge in [0, 0.05) is 4.88 Å². The summed E-state index contributed by atoms with van der Waals surface area (Å²) >= 11 is 2.62. The van der Waals surface area contributed by atoms with Crippen molar-refractivity contribution >= 4 is 40.4 Å². The minimum Gasteiger partial charge on any atom is -0.477 e. The van der Waals surface area contributed by atoms with Crippen LogP contribution >= 0.6 is 22.7 Å². The molecule has 2 heterocycles. The van der Waals surface area contributed by atoms with E-state index >= 15 is 0 Å². The Morgan fingerprint density at radius 2 is 2.06 bits per heavy atom. The van der Waals surface area contributed by atoms with Gasteiger partial charge in [-0.15, -0.1) is 22.7 Å². The number of amides is 2. The Balaban J connectivity index is 1.91. The third-order valence-electron chi connectivity index (χ3n) is 2.11.